The Bertz CT molecular complexity index is 289. The van der Waals surface area contributed by atoms with E-state index in [1.807, 2.05) is 11.3 Å². The van der Waals surface area contributed by atoms with Crippen molar-refractivity contribution in [2.75, 3.05) is 6.54 Å². The van der Waals surface area contributed by atoms with E-state index in [0.717, 1.165) is 18.9 Å². The maximum Gasteiger partial charge on any atom is 0.0961 e. The molecule has 0 spiro atoms. The summed E-state index contributed by atoms with van der Waals surface area (Å²) in [5, 5.41) is 1.35. The fourth-order valence-corrected chi connectivity index (χ4v) is 2.89. The molecular weight excluding hydrogens is 180 g/mol. The van der Waals surface area contributed by atoms with Gasteiger partial charge in [0.2, 0.25) is 0 Å². The highest BCUT2D eigenvalue weighted by molar-refractivity contribution is 7.11. The van der Waals surface area contributed by atoms with Crippen molar-refractivity contribution in [1.29, 1.82) is 0 Å². The van der Waals surface area contributed by atoms with E-state index in [1.54, 1.807) is 0 Å². The van der Waals surface area contributed by atoms with Gasteiger partial charge >= 0.3 is 0 Å². The molecule has 1 aliphatic carbocycles. The molecule has 1 aromatic rings. The number of aryl methyl sites for hydroxylation is 1. The molecule has 13 heavy (non-hydrogen) atoms. The van der Waals surface area contributed by atoms with E-state index in [-0.39, 0.29) is 0 Å². The maximum absolute atomic E-state index is 5.54. The molecular formula is C10H16N2S. The third-order valence-electron chi connectivity index (χ3n) is 2.74. The first-order valence-electron chi connectivity index (χ1n) is 4.97. The van der Waals surface area contributed by atoms with Gasteiger partial charge in [0.1, 0.15) is 0 Å². The van der Waals surface area contributed by atoms with Crippen molar-refractivity contribution < 1.29 is 0 Å². The first-order chi connectivity index (χ1) is 6.31. The molecule has 2 N–H and O–H groups in total. The first kappa shape index (κ1) is 9.16. The lowest BCUT2D eigenvalue weighted by Gasteiger charge is -2.22. The summed E-state index contributed by atoms with van der Waals surface area (Å²) in [5.74, 6) is 0.773. The molecule has 1 aliphatic rings. The Morgan fingerprint density at radius 3 is 2.85 bits per heavy atom. The Morgan fingerprint density at radius 2 is 2.31 bits per heavy atom. The second-order valence-electron chi connectivity index (χ2n) is 3.73. The summed E-state index contributed by atoms with van der Waals surface area (Å²) in [6.45, 7) is 2.84. The summed E-state index contributed by atoms with van der Waals surface area (Å²) in [4.78, 5) is 6.01. The second-order valence-corrected chi connectivity index (χ2v) is 4.84. The van der Waals surface area contributed by atoms with E-state index in [1.165, 1.54) is 34.8 Å². The quantitative estimate of drug-likeness (QED) is 0.805. The zero-order valence-corrected chi connectivity index (χ0v) is 8.86. The fourth-order valence-electron chi connectivity index (χ4n) is 1.64. The van der Waals surface area contributed by atoms with Crippen molar-refractivity contribution in [3.05, 3.63) is 15.6 Å². The monoisotopic (exact) mass is 196 g/mol. The van der Waals surface area contributed by atoms with Crippen molar-refractivity contribution in [3.8, 4) is 0 Å². The van der Waals surface area contributed by atoms with Gasteiger partial charge in [0.25, 0.3) is 0 Å². The topological polar surface area (TPSA) is 38.9 Å². The summed E-state index contributed by atoms with van der Waals surface area (Å²) < 4.78 is 0. The lowest BCUT2D eigenvalue weighted by atomic mass is 9.86. The van der Waals surface area contributed by atoms with Crippen LogP contribution < -0.4 is 5.73 Å². The van der Waals surface area contributed by atoms with Crippen LogP contribution in [0.2, 0.25) is 0 Å². The van der Waals surface area contributed by atoms with Crippen LogP contribution in [0.15, 0.2) is 0 Å². The standard InChI is InChI=1S/C10H16N2S/c1-7-9(5-6-11)13-10(12-7)8-3-2-4-8/h8H,2-6,11H2,1H3. The largest absolute Gasteiger partial charge is 0.330 e. The Morgan fingerprint density at radius 1 is 1.54 bits per heavy atom. The fraction of sp³-hybridized carbons (Fsp3) is 0.700. The van der Waals surface area contributed by atoms with Crippen molar-refractivity contribution >= 4 is 11.3 Å². The summed E-state index contributed by atoms with van der Waals surface area (Å²) in [5.41, 5.74) is 6.75. The number of hydrogen-bond acceptors (Lipinski definition) is 3. The van der Waals surface area contributed by atoms with Crippen LogP contribution in [0.25, 0.3) is 0 Å². The summed E-state index contributed by atoms with van der Waals surface area (Å²) in [6, 6.07) is 0. The molecule has 0 radical (unpaired) electrons. The molecule has 0 saturated heterocycles. The summed E-state index contributed by atoms with van der Waals surface area (Å²) in [6.07, 6.45) is 5.07. The van der Waals surface area contributed by atoms with Gasteiger partial charge in [-0.2, -0.15) is 0 Å². The number of aromatic nitrogens is 1. The highest BCUT2D eigenvalue weighted by atomic mass is 32.1. The van der Waals surface area contributed by atoms with Crippen molar-refractivity contribution in [3.63, 3.8) is 0 Å². The molecule has 0 bridgehead atoms. The van der Waals surface area contributed by atoms with Crippen LogP contribution in [0.3, 0.4) is 0 Å². The van der Waals surface area contributed by atoms with Gasteiger partial charge in [0.15, 0.2) is 0 Å². The molecule has 0 unspecified atom stereocenters. The molecule has 72 valence electrons. The van der Waals surface area contributed by atoms with Gasteiger partial charge in [-0.15, -0.1) is 11.3 Å². The lowest BCUT2D eigenvalue weighted by Crippen LogP contribution is -2.07. The molecule has 3 heteroatoms. The van der Waals surface area contributed by atoms with Crippen LogP contribution in [0.4, 0.5) is 0 Å². The Balaban J connectivity index is 2.14. The minimum Gasteiger partial charge on any atom is -0.330 e. The molecule has 0 aliphatic heterocycles. The van der Waals surface area contributed by atoms with Gasteiger partial charge in [-0.05, 0) is 32.7 Å². The highest BCUT2D eigenvalue weighted by Gasteiger charge is 2.23. The van der Waals surface area contributed by atoms with Gasteiger partial charge in [-0.25, -0.2) is 4.98 Å². The Labute approximate surface area is 83.2 Å². The highest BCUT2D eigenvalue weighted by Crippen LogP contribution is 2.39. The third kappa shape index (κ3) is 1.76. The van der Waals surface area contributed by atoms with E-state index in [2.05, 4.69) is 11.9 Å². The van der Waals surface area contributed by atoms with Gasteiger partial charge < -0.3 is 5.73 Å². The predicted octanol–water partition coefficient (Wildman–Crippen LogP) is 2.22. The average Bonchev–Trinajstić information content (AvgIpc) is 2.30. The second kappa shape index (κ2) is 3.76. The van der Waals surface area contributed by atoms with Crippen LogP contribution in [0.1, 0.15) is 40.8 Å². The van der Waals surface area contributed by atoms with Crippen LogP contribution in [-0.2, 0) is 6.42 Å². The molecule has 2 rings (SSSR count). The van der Waals surface area contributed by atoms with Gasteiger partial charge in [0, 0.05) is 10.8 Å². The summed E-state index contributed by atoms with van der Waals surface area (Å²) >= 11 is 1.88. The normalized spacial score (nSPS) is 17.4. The molecule has 0 aromatic carbocycles. The molecule has 1 saturated carbocycles. The molecule has 1 fully saturated rings. The van der Waals surface area contributed by atoms with Crippen molar-refractivity contribution in [2.24, 2.45) is 5.73 Å². The van der Waals surface area contributed by atoms with Gasteiger partial charge in [-0.3, -0.25) is 0 Å². The molecule has 0 amide bonds. The van der Waals surface area contributed by atoms with Crippen LogP contribution in [0, 0.1) is 6.92 Å². The molecule has 1 aromatic heterocycles. The SMILES string of the molecule is Cc1nc(C2CCC2)sc1CCN. The van der Waals surface area contributed by atoms with Gasteiger partial charge in [-0.1, -0.05) is 6.42 Å². The van der Waals surface area contributed by atoms with Crippen LogP contribution >= 0.6 is 11.3 Å². The number of hydrogen-bond donors (Lipinski definition) is 1. The van der Waals surface area contributed by atoms with Crippen molar-refractivity contribution in [2.45, 2.75) is 38.5 Å². The predicted molar refractivity (Wildman–Crippen MR) is 56.2 cm³/mol. The molecule has 1 heterocycles. The number of nitrogens with zero attached hydrogens (tertiary/aromatic N) is 1. The summed E-state index contributed by atoms with van der Waals surface area (Å²) in [7, 11) is 0. The number of rotatable bonds is 3. The van der Waals surface area contributed by atoms with Crippen LogP contribution in [0.5, 0.6) is 0 Å². The maximum atomic E-state index is 5.54. The number of nitrogens with two attached hydrogens (primary N) is 1. The zero-order chi connectivity index (χ0) is 9.26. The van der Waals surface area contributed by atoms with E-state index in [9.17, 15) is 0 Å². The number of thiazole rings is 1. The van der Waals surface area contributed by atoms with E-state index in [4.69, 9.17) is 5.73 Å². The van der Waals surface area contributed by atoms with E-state index >= 15 is 0 Å². The zero-order valence-electron chi connectivity index (χ0n) is 8.05. The Hall–Kier alpha value is -0.410. The average molecular weight is 196 g/mol. The first-order valence-corrected chi connectivity index (χ1v) is 5.79. The van der Waals surface area contributed by atoms with Gasteiger partial charge in [0.05, 0.1) is 10.7 Å². The molecule has 0 atom stereocenters. The van der Waals surface area contributed by atoms with E-state index in [0.29, 0.717) is 0 Å². The third-order valence-corrected chi connectivity index (χ3v) is 4.11. The van der Waals surface area contributed by atoms with Crippen LogP contribution in [-0.4, -0.2) is 11.5 Å². The van der Waals surface area contributed by atoms with E-state index < -0.39 is 0 Å². The van der Waals surface area contributed by atoms with Crippen molar-refractivity contribution in [1.82, 2.24) is 4.98 Å². The smallest absolute Gasteiger partial charge is 0.0961 e. The molecule has 2 nitrogen and oxygen atoms in total. The Kier molecular flexibility index (Phi) is 2.65. The minimum absolute atomic E-state index is 0.743. The minimum atomic E-state index is 0.743. The lowest BCUT2D eigenvalue weighted by molar-refractivity contribution is 0.418.